The van der Waals surface area contributed by atoms with E-state index >= 15 is 0 Å². The van der Waals surface area contributed by atoms with Crippen LogP contribution in [-0.4, -0.2) is 12.6 Å². The lowest BCUT2D eigenvalue weighted by Crippen LogP contribution is -2.37. The molecule has 0 aromatic rings. The van der Waals surface area contributed by atoms with E-state index in [0.29, 0.717) is 0 Å². The zero-order valence-corrected chi connectivity index (χ0v) is 6.97. The van der Waals surface area contributed by atoms with Gasteiger partial charge in [-0.05, 0) is 25.3 Å². The number of ether oxygens (including phenoxy) is 1. The van der Waals surface area contributed by atoms with Crippen LogP contribution >= 0.6 is 0 Å². The second-order valence-electron chi connectivity index (χ2n) is 2.72. The third kappa shape index (κ3) is 2.20. The second-order valence-corrected chi connectivity index (χ2v) is 2.72. The molecule has 1 rings (SSSR count). The van der Waals surface area contributed by atoms with Gasteiger partial charge in [0.05, 0.1) is 12.6 Å². The van der Waals surface area contributed by atoms with Crippen molar-refractivity contribution in [3.05, 3.63) is 11.8 Å². The van der Waals surface area contributed by atoms with Gasteiger partial charge in [-0.1, -0.05) is 6.92 Å². The van der Waals surface area contributed by atoms with Gasteiger partial charge in [-0.3, -0.25) is 5.84 Å². The summed E-state index contributed by atoms with van der Waals surface area (Å²) in [4.78, 5) is 0. The monoisotopic (exact) mass is 156 g/mol. The molecule has 1 unspecified atom stereocenters. The SMILES string of the molecule is CCC(NN)C1=CCCCO1. The lowest BCUT2D eigenvalue weighted by molar-refractivity contribution is 0.166. The fourth-order valence-corrected chi connectivity index (χ4v) is 1.22. The van der Waals surface area contributed by atoms with E-state index in [1.54, 1.807) is 0 Å². The minimum Gasteiger partial charge on any atom is -0.497 e. The zero-order chi connectivity index (χ0) is 8.10. The quantitative estimate of drug-likeness (QED) is 0.472. The third-order valence-corrected chi connectivity index (χ3v) is 1.92. The first-order valence-corrected chi connectivity index (χ1v) is 4.17. The van der Waals surface area contributed by atoms with Gasteiger partial charge < -0.3 is 4.74 Å². The van der Waals surface area contributed by atoms with Crippen molar-refractivity contribution in [3.8, 4) is 0 Å². The molecule has 0 aliphatic carbocycles. The van der Waals surface area contributed by atoms with Gasteiger partial charge in [0.2, 0.25) is 0 Å². The first-order valence-electron chi connectivity index (χ1n) is 4.17. The molecule has 11 heavy (non-hydrogen) atoms. The molecule has 64 valence electrons. The van der Waals surface area contributed by atoms with E-state index in [9.17, 15) is 0 Å². The van der Waals surface area contributed by atoms with Crippen LogP contribution in [0.25, 0.3) is 0 Å². The van der Waals surface area contributed by atoms with Crippen LogP contribution in [0.4, 0.5) is 0 Å². The molecule has 0 saturated carbocycles. The van der Waals surface area contributed by atoms with E-state index in [1.165, 1.54) is 0 Å². The molecule has 3 heteroatoms. The summed E-state index contributed by atoms with van der Waals surface area (Å²) in [5, 5.41) is 0. The van der Waals surface area contributed by atoms with Crippen molar-refractivity contribution in [2.45, 2.75) is 32.2 Å². The summed E-state index contributed by atoms with van der Waals surface area (Å²) >= 11 is 0. The molecular formula is C8H16N2O. The summed E-state index contributed by atoms with van der Waals surface area (Å²) in [6.45, 7) is 2.92. The van der Waals surface area contributed by atoms with Gasteiger partial charge in [-0.25, -0.2) is 5.43 Å². The van der Waals surface area contributed by atoms with Crippen molar-refractivity contribution in [2.75, 3.05) is 6.61 Å². The van der Waals surface area contributed by atoms with Crippen molar-refractivity contribution in [1.82, 2.24) is 5.43 Å². The Kier molecular flexibility index (Phi) is 3.39. The van der Waals surface area contributed by atoms with Crippen molar-refractivity contribution in [3.63, 3.8) is 0 Å². The summed E-state index contributed by atoms with van der Waals surface area (Å²) in [7, 11) is 0. The van der Waals surface area contributed by atoms with Crippen LogP contribution in [0, 0.1) is 0 Å². The van der Waals surface area contributed by atoms with E-state index in [0.717, 1.165) is 31.6 Å². The number of hydrogen-bond acceptors (Lipinski definition) is 3. The Balaban J connectivity index is 2.48. The van der Waals surface area contributed by atoms with Gasteiger partial charge in [0.15, 0.2) is 0 Å². The van der Waals surface area contributed by atoms with Crippen LogP contribution in [0.1, 0.15) is 26.2 Å². The summed E-state index contributed by atoms with van der Waals surface area (Å²) in [6.07, 6.45) is 5.35. The van der Waals surface area contributed by atoms with Gasteiger partial charge >= 0.3 is 0 Å². The number of nitrogens with two attached hydrogens (primary N) is 1. The van der Waals surface area contributed by atoms with Crippen molar-refractivity contribution in [2.24, 2.45) is 5.84 Å². The predicted octanol–water partition coefficient (Wildman–Crippen LogP) is 0.923. The normalized spacial score (nSPS) is 20.4. The first kappa shape index (κ1) is 8.56. The third-order valence-electron chi connectivity index (χ3n) is 1.92. The van der Waals surface area contributed by atoms with Gasteiger partial charge in [0.1, 0.15) is 5.76 Å². The van der Waals surface area contributed by atoms with Crippen LogP contribution in [0.3, 0.4) is 0 Å². The lowest BCUT2D eigenvalue weighted by Gasteiger charge is -2.21. The summed E-state index contributed by atoms with van der Waals surface area (Å²) in [6, 6.07) is 0.204. The number of hydrazine groups is 1. The van der Waals surface area contributed by atoms with E-state index < -0.39 is 0 Å². The summed E-state index contributed by atoms with van der Waals surface area (Å²) in [5.74, 6) is 6.36. The molecule has 1 atom stereocenters. The van der Waals surface area contributed by atoms with E-state index in [1.807, 2.05) is 0 Å². The topological polar surface area (TPSA) is 47.3 Å². The molecular weight excluding hydrogens is 140 g/mol. The maximum absolute atomic E-state index is 5.44. The Morgan fingerprint density at radius 2 is 2.64 bits per heavy atom. The Hall–Kier alpha value is -0.540. The smallest absolute Gasteiger partial charge is 0.110 e. The number of hydrogen-bond donors (Lipinski definition) is 2. The first-order chi connectivity index (χ1) is 5.38. The molecule has 0 aromatic carbocycles. The van der Waals surface area contributed by atoms with Gasteiger partial charge in [0, 0.05) is 0 Å². The molecule has 0 bridgehead atoms. The van der Waals surface area contributed by atoms with Crippen LogP contribution in [0.15, 0.2) is 11.8 Å². The zero-order valence-electron chi connectivity index (χ0n) is 6.97. The van der Waals surface area contributed by atoms with Crippen LogP contribution in [0.2, 0.25) is 0 Å². The highest BCUT2D eigenvalue weighted by Crippen LogP contribution is 2.14. The molecule has 1 aliphatic rings. The van der Waals surface area contributed by atoms with Crippen molar-refractivity contribution in [1.29, 1.82) is 0 Å². The predicted molar refractivity (Wildman–Crippen MR) is 44.7 cm³/mol. The van der Waals surface area contributed by atoms with Gasteiger partial charge in [0.25, 0.3) is 0 Å². The van der Waals surface area contributed by atoms with Crippen molar-refractivity contribution >= 4 is 0 Å². The average Bonchev–Trinajstić information content (AvgIpc) is 2.09. The van der Waals surface area contributed by atoms with Crippen LogP contribution in [0.5, 0.6) is 0 Å². The average molecular weight is 156 g/mol. The van der Waals surface area contributed by atoms with Gasteiger partial charge in [-0.2, -0.15) is 0 Å². The fourth-order valence-electron chi connectivity index (χ4n) is 1.22. The minimum absolute atomic E-state index is 0.204. The standard InChI is InChI=1S/C8H16N2O/c1-2-7(10-9)8-5-3-4-6-11-8/h5,7,10H,2-4,6,9H2,1H3. The van der Waals surface area contributed by atoms with Gasteiger partial charge in [-0.15, -0.1) is 0 Å². The highest BCUT2D eigenvalue weighted by Gasteiger charge is 2.13. The molecule has 0 radical (unpaired) electrons. The maximum Gasteiger partial charge on any atom is 0.110 e. The van der Waals surface area contributed by atoms with E-state index in [4.69, 9.17) is 10.6 Å². The molecule has 3 nitrogen and oxygen atoms in total. The highest BCUT2D eigenvalue weighted by atomic mass is 16.5. The number of rotatable bonds is 3. The Labute approximate surface area is 67.6 Å². The van der Waals surface area contributed by atoms with E-state index in [2.05, 4.69) is 18.4 Å². The second kappa shape index (κ2) is 4.36. The van der Waals surface area contributed by atoms with Crippen LogP contribution in [-0.2, 0) is 4.74 Å². The minimum atomic E-state index is 0.204. The van der Waals surface area contributed by atoms with Crippen molar-refractivity contribution < 1.29 is 4.74 Å². The number of nitrogens with one attached hydrogen (secondary N) is 1. The molecule has 3 N–H and O–H groups in total. The molecule has 1 aliphatic heterocycles. The lowest BCUT2D eigenvalue weighted by atomic mass is 10.1. The molecule has 0 amide bonds. The molecule has 0 fully saturated rings. The number of allylic oxidation sites excluding steroid dienone is 1. The summed E-state index contributed by atoms with van der Waals surface area (Å²) < 4.78 is 5.44. The molecule has 0 spiro atoms. The Morgan fingerprint density at radius 3 is 3.09 bits per heavy atom. The molecule has 1 heterocycles. The highest BCUT2D eigenvalue weighted by molar-refractivity contribution is 5.04. The molecule has 0 saturated heterocycles. The van der Waals surface area contributed by atoms with Crippen LogP contribution < -0.4 is 11.3 Å². The Bertz CT molecular complexity index is 141. The van der Waals surface area contributed by atoms with E-state index in [-0.39, 0.29) is 6.04 Å². The maximum atomic E-state index is 5.44. The summed E-state index contributed by atoms with van der Waals surface area (Å²) in [5.41, 5.74) is 2.73. The fraction of sp³-hybridized carbons (Fsp3) is 0.750. The molecule has 0 aromatic heterocycles. The largest absolute Gasteiger partial charge is 0.497 e. The Morgan fingerprint density at radius 1 is 1.82 bits per heavy atom.